The van der Waals surface area contributed by atoms with E-state index in [1.54, 1.807) is 12.0 Å². The van der Waals surface area contributed by atoms with Gasteiger partial charge in [0.25, 0.3) is 5.91 Å². The molecule has 0 saturated heterocycles. The highest BCUT2D eigenvalue weighted by molar-refractivity contribution is 6.14. The van der Waals surface area contributed by atoms with Crippen molar-refractivity contribution in [3.05, 3.63) is 59.8 Å². The maximum Gasteiger partial charge on any atom is 0.275 e. The van der Waals surface area contributed by atoms with Gasteiger partial charge >= 0.3 is 0 Å². The van der Waals surface area contributed by atoms with Crippen LogP contribution in [0.5, 0.6) is 5.75 Å². The van der Waals surface area contributed by atoms with E-state index in [1.165, 1.54) is 19.3 Å². The van der Waals surface area contributed by atoms with E-state index in [0.717, 1.165) is 53.6 Å². The van der Waals surface area contributed by atoms with Gasteiger partial charge in [0, 0.05) is 23.2 Å². The molecule has 1 saturated carbocycles. The van der Waals surface area contributed by atoms with E-state index >= 15 is 0 Å². The van der Waals surface area contributed by atoms with Gasteiger partial charge in [-0.05, 0) is 57.0 Å². The van der Waals surface area contributed by atoms with E-state index < -0.39 is 5.54 Å². The Morgan fingerprint density at radius 1 is 1.00 bits per heavy atom. The van der Waals surface area contributed by atoms with Crippen LogP contribution in [0.3, 0.4) is 0 Å². The van der Waals surface area contributed by atoms with E-state index in [-0.39, 0.29) is 17.9 Å². The van der Waals surface area contributed by atoms with E-state index in [2.05, 4.69) is 5.32 Å². The molecular weight excluding hydrogens is 438 g/mol. The molecule has 5 rings (SSSR count). The molecule has 2 aliphatic rings. The number of carbonyl (C=O) groups excluding carboxylic acids is 2. The average molecular weight is 474 g/mol. The first-order valence-electron chi connectivity index (χ1n) is 12.8. The molecule has 2 amide bonds. The lowest BCUT2D eigenvalue weighted by Crippen LogP contribution is -2.65. The predicted octanol–water partition coefficient (Wildman–Crippen LogP) is 5.61. The molecule has 0 unspecified atom stereocenters. The largest absolute Gasteiger partial charge is 0.497 e. The molecule has 184 valence electrons. The summed E-state index contributed by atoms with van der Waals surface area (Å²) < 4.78 is 7.43. The van der Waals surface area contributed by atoms with Gasteiger partial charge in [0.1, 0.15) is 17.0 Å². The normalized spacial score (nSPS) is 21.3. The fraction of sp³-hybridized carbons (Fsp3) is 0.448. The second kappa shape index (κ2) is 9.40. The Kier molecular flexibility index (Phi) is 6.30. The van der Waals surface area contributed by atoms with Crippen molar-refractivity contribution in [2.24, 2.45) is 0 Å². The van der Waals surface area contributed by atoms with Crippen LogP contribution in [0, 0.1) is 6.92 Å². The second-order valence-corrected chi connectivity index (χ2v) is 10.3. The molecule has 1 fully saturated rings. The van der Waals surface area contributed by atoms with Crippen LogP contribution in [0.15, 0.2) is 48.5 Å². The van der Waals surface area contributed by atoms with Crippen LogP contribution in [-0.2, 0) is 11.3 Å². The van der Waals surface area contributed by atoms with E-state index in [0.29, 0.717) is 12.2 Å². The fourth-order valence-corrected chi connectivity index (χ4v) is 5.64. The van der Waals surface area contributed by atoms with Crippen LogP contribution in [0.4, 0.5) is 5.69 Å². The molecule has 35 heavy (non-hydrogen) atoms. The van der Waals surface area contributed by atoms with Gasteiger partial charge < -0.3 is 14.6 Å². The van der Waals surface area contributed by atoms with Crippen molar-refractivity contribution in [1.29, 1.82) is 0 Å². The number of aryl methyl sites for hydroxylation is 1. The van der Waals surface area contributed by atoms with Crippen LogP contribution in [0.25, 0.3) is 10.9 Å². The number of methoxy groups -OCH3 is 1. The molecule has 1 aromatic heterocycles. The topological polar surface area (TPSA) is 63.6 Å². The van der Waals surface area contributed by atoms with Gasteiger partial charge in [-0.2, -0.15) is 0 Å². The van der Waals surface area contributed by atoms with E-state index in [4.69, 9.17) is 4.74 Å². The standard InChI is InChI=1S/C29H35N3O3/c1-20-11-14-23(15-12-20)32-27(33)26-17-21-13-16-24(35-3)18-25(21)31(26)19-29(32,2)28(34)30-22-9-7-5-4-6-8-10-22/h11-18,22H,4-10,19H2,1-3H3,(H,30,34)/t29-/m1/s1. The van der Waals surface area contributed by atoms with Crippen LogP contribution < -0.4 is 15.0 Å². The number of anilines is 1. The van der Waals surface area contributed by atoms with Gasteiger partial charge in [0.2, 0.25) is 5.91 Å². The van der Waals surface area contributed by atoms with Gasteiger partial charge in [0.15, 0.2) is 0 Å². The number of nitrogens with one attached hydrogen (secondary N) is 1. The number of amides is 2. The molecule has 6 heteroatoms. The van der Waals surface area contributed by atoms with Gasteiger partial charge in [-0.25, -0.2) is 0 Å². The third-order valence-electron chi connectivity index (χ3n) is 7.71. The number of nitrogens with zero attached hydrogens (tertiary/aromatic N) is 2. The molecule has 1 N–H and O–H groups in total. The summed E-state index contributed by atoms with van der Waals surface area (Å²) in [5.74, 6) is 0.477. The summed E-state index contributed by atoms with van der Waals surface area (Å²) in [4.78, 5) is 29.8. The third-order valence-corrected chi connectivity index (χ3v) is 7.71. The fourth-order valence-electron chi connectivity index (χ4n) is 5.64. The smallest absolute Gasteiger partial charge is 0.275 e. The summed E-state index contributed by atoms with van der Waals surface area (Å²) in [5, 5.41) is 4.31. The first-order valence-corrected chi connectivity index (χ1v) is 12.8. The number of fused-ring (bicyclic) bond motifs is 3. The lowest BCUT2D eigenvalue weighted by atomic mass is 9.91. The number of rotatable bonds is 4. The summed E-state index contributed by atoms with van der Waals surface area (Å²) in [6.45, 7) is 4.29. The van der Waals surface area contributed by atoms with Gasteiger partial charge in [-0.3, -0.25) is 14.5 Å². The molecule has 6 nitrogen and oxygen atoms in total. The van der Waals surface area contributed by atoms with E-state index in [9.17, 15) is 9.59 Å². The SMILES string of the molecule is COc1ccc2cc3n(c2c1)C[C@](C)(C(=O)NC1CCCCCCC1)N(c1ccc(C)cc1)C3=O. The molecule has 1 aliphatic heterocycles. The number of benzene rings is 2. The Hall–Kier alpha value is -3.28. The molecule has 0 spiro atoms. The second-order valence-electron chi connectivity index (χ2n) is 10.3. The van der Waals surface area contributed by atoms with Gasteiger partial charge in [0.05, 0.1) is 19.2 Å². The molecule has 1 atom stereocenters. The zero-order valence-electron chi connectivity index (χ0n) is 21.0. The van der Waals surface area contributed by atoms with Crippen molar-refractivity contribution in [3.8, 4) is 5.75 Å². The summed E-state index contributed by atoms with van der Waals surface area (Å²) >= 11 is 0. The maximum atomic E-state index is 14.0. The van der Waals surface area contributed by atoms with Crippen molar-refractivity contribution >= 4 is 28.4 Å². The molecule has 0 bridgehead atoms. The molecule has 2 heterocycles. The first kappa shape index (κ1) is 23.5. The van der Waals surface area contributed by atoms with Crippen molar-refractivity contribution in [1.82, 2.24) is 9.88 Å². The summed E-state index contributed by atoms with van der Waals surface area (Å²) in [6.07, 6.45) is 7.98. The maximum absolute atomic E-state index is 14.0. The minimum atomic E-state index is -1.07. The van der Waals surface area contributed by atoms with Crippen molar-refractivity contribution in [2.75, 3.05) is 12.0 Å². The number of carbonyl (C=O) groups is 2. The first-order chi connectivity index (χ1) is 16.9. The Labute approximate surface area is 207 Å². The predicted molar refractivity (Wildman–Crippen MR) is 139 cm³/mol. The third kappa shape index (κ3) is 4.30. The lowest BCUT2D eigenvalue weighted by Gasteiger charge is -2.44. The van der Waals surface area contributed by atoms with Crippen LogP contribution >= 0.6 is 0 Å². The van der Waals surface area contributed by atoms with Gasteiger partial charge in [-0.15, -0.1) is 0 Å². The minimum Gasteiger partial charge on any atom is -0.497 e. The number of hydrogen-bond donors (Lipinski definition) is 1. The Bertz CT molecular complexity index is 1240. The van der Waals surface area contributed by atoms with E-state index in [1.807, 2.05) is 66.9 Å². The van der Waals surface area contributed by atoms with Crippen molar-refractivity contribution in [2.45, 2.75) is 76.9 Å². The number of aromatic nitrogens is 1. The number of ether oxygens (including phenoxy) is 1. The Balaban J connectivity index is 1.58. The quantitative estimate of drug-likeness (QED) is 0.536. The molecule has 0 radical (unpaired) electrons. The average Bonchev–Trinajstić information content (AvgIpc) is 3.19. The summed E-state index contributed by atoms with van der Waals surface area (Å²) in [5.41, 5.74) is 2.27. The molecule has 3 aromatic rings. The summed E-state index contributed by atoms with van der Waals surface area (Å²) in [7, 11) is 1.64. The van der Waals surface area contributed by atoms with Gasteiger partial charge in [-0.1, -0.05) is 49.8 Å². The zero-order valence-corrected chi connectivity index (χ0v) is 21.0. The summed E-state index contributed by atoms with van der Waals surface area (Å²) in [6, 6.07) is 15.7. The van der Waals surface area contributed by atoms with Crippen molar-refractivity contribution in [3.63, 3.8) is 0 Å². The lowest BCUT2D eigenvalue weighted by molar-refractivity contribution is -0.127. The minimum absolute atomic E-state index is 0.0904. The molecular formula is C29H35N3O3. The number of hydrogen-bond acceptors (Lipinski definition) is 3. The van der Waals surface area contributed by atoms with Crippen LogP contribution in [-0.4, -0.2) is 35.1 Å². The highest BCUT2D eigenvalue weighted by Crippen LogP contribution is 2.37. The highest BCUT2D eigenvalue weighted by atomic mass is 16.5. The Morgan fingerprint density at radius 2 is 1.69 bits per heavy atom. The zero-order chi connectivity index (χ0) is 24.6. The molecule has 1 aliphatic carbocycles. The monoisotopic (exact) mass is 473 g/mol. The molecule has 2 aromatic carbocycles. The van der Waals surface area contributed by atoms with Crippen molar-refractivity contribution < 1.29 is 14.3 Å². The Morgan fingerprint density at radius 3 is 2.37 bits per heavy atom. The van der Waals surface area contributed by atoms with Crippen LogP contribution in [0.1, 0.15) is 67.9 Å². The van der Waals surface area contributed by atoms with Crippen LogP contribution in [0.2, 0.25) is 0 Å². The highest BCUT2D eigenvalue weighted by Gasteiger charge is 2.49.